The Morgan fingerprint density at radius 1 is 0.933 bits per heavy atom. The van der Waals surface area contributed by atoms with Gasteiger partial charge in [0.15, 0.2) is 0 Å². The molecule has 0 aliphatic heterocycles. The maximum absolute atomic E-state index is 9.12. The standard InChI is InChI=1S/C12H10ClNO/c13-11-3-1-2-4-12(11)14-9-5-7-10(15)8-6-9/h1-8,14-15H. The second-order valence-corrected chi connectivity index (χ2v) is 3.56. The lowest BCUT2D eigenvalue weighted by molar-refractivity contribution is 0.475. The summed E-state index contributed by atoms with van der Waals surface area (Å²) < 4.78 is 0. The minimum absolute atomic E-state index is 0.250. The summed E-state index contributed by atoms with van der Waals surface area (Å²) in [5.41, 5.74) is 1.74. The van der Waals surface area contributed by atoms with Gasteiger partial charge in [0.25, 0.3) is 0 Å². The molecule has 2 aromatic carbocycles. The first-order valence-corrected chi connectivity index (χ1v) is 4.94. The molecule has 0 heterocycles. The lowest BCUT2D eigenvalue weighted by Gasteiger charge is -2.07. The van der Waals surface area contributed by atoms with Crippen molar-refractivity contribution in [2.45, 2.75) is 0 Å². The first-order chi connectivity index (χ1) is 7.25. The van der Waals surface area contributed by atoms with Crippen molar-refractivity contribution in [2.24, 2.45) is 0 Å². The van der Waals surface area contributed by atoms with E-state index in [1.807, 2.05) is 24.3 Å². The summed E-state index contributed by atoms with van der Waals surface area (Å²) in [6, 6.07) is 14.3. The van der Waals surface area contributed by atoms with Gasteiger partial charge >= 0.3 is 0 Å². The highest BCUT2D eigenvalue weighted by atomic mass is 35.5. The quantitative estimate of drug-likeness (QED) is 0.754. The Hall–Kier alpha value is -1.67. The zero-order valence-corrected chi connectivity index (χ0v) is 8.70. The average molecular weight is 220 g/mol. The number of hydrogen-bond acceptors (Lipinski definition) is 2. The molecule has 0 saturated carbocycles. The van der Waals surface area contributed by atoms with Crippen LogP contribution in [0.1, 0.15) is 0 Å². The summed E-state index contributed by atoms with van der Waals surface area (Å²) in [5.74, 6) is 0.250. The molecule has 0 bridgehead atoms. The van der Waals surface area contributed by atoms with Gasteiger partial charge in [0.05, 0.1) is 10.7 Å². The first kappa shape index (κ1) is 9.87. The van der Waals surface area contributed by atoms with Crippen molar-refractivity contribution in [3.05, 3.63) is 53.6 Å². The highest BCUT2D eigenvalue weighted by Crippen LogP contribution is 2.25. The van der Waals surface area contributed by atoms with E-state index in [9.17, 15) is 0 Å². The molecule has 0 atom stereocenters. The minimum Gasteiger partial charge on any atom is -0.508 e. The van der Waals surface area contributed by atoms with Crippen LogP contribution in [0.25, 0.3) is 0 Å². The average Bonchev–Trinajstić information content (AvgIpc) is 2.25. The van der Waals surface area contributed by atoms with Crippen molar-refractivity contribution in [2.75, 3.05) is 5.32 Å². The summed E-state index contributed by atoms with van der Waals surface area (Å²) in [5, 5.41) is 13.0. The summed E-state index contributed by atoms with van der Waals surface area (Å²) in [7, 11) is 0. The molecule has 76 valence electrons. The van der Waals surface area contributed by atoms with Crippen LogP contribution in [-0.4, -0.2) is 5.11 Å². The zero-order valence-electron chi connectivity index (χ0n) is 7.94. The molecule has 2 rings (SSSR count). The summed E-state index contributed by atoms with van der Waals surface area (Å²) in [6.45, 7) is 0. The van der Waals surface area contributed by atoms with Crippen LogP contribution in [0, 0.1) is 0 Å². The third kappa shape index (κ3) is 2.42. The Bertz CT molecular complexity index is 453. The van der Waals surface area contributed by atoms with Gasteiger partial charge in [-0.15, -0.1) is 0 Å². The highest BCUT2D eigenvalue weighted by Gasteiger charge is 1.98. The smallest absolute Gasteiger partial charge is 0.115 e. The summed E-state index contributed by atoms with van der Waals surface area (Å²) >= 11 is 5.99. The van der Waals surface area contributed by atoms with Crippen molar-refractivity contribution in [3.63, 3.8) is 0 Å². The van der Waals surface area contributed by atoms with Crippen molar-refractivity contribution in [1.82, 2.24) is 0 Å². The zero-order chi connectivity index (χ0) is 10.7. The van der Waals surface area contributed by atoms with Gasteiger partial charge in [-0.25, -0.2) is 0 Å². The molecule has 0 amide bonds. The largest absolute Gasteiger partial charge is 0.508 e. The molecule has 0 spiro atoms. The molecule has 2 N–H and O–H groups in total. The number of phenolic OH excluding ortho intramolecular Hbond substituents is 1. The van der Waals surface area contributed by atoms with Crippen molar-refractivity contribution in [1.29, 1.82) is 0 Å². The molecule has 0 aromatic heterocycles. The van der Waals surface area contributed by atoms with E-state index in [1.54, 1.807) is 24.3 Å². The van der Waals surface area contributed by atoms with Crippen LogP contribution in [0.4, 0.5) is 11.4 Å². The molecule has 2 nitrogen and oxygen atoms in total. The van der Waals surface area contributed by atoms with Crippen LogP contribution in [0.3, 0.4) is 0 Å². The molecule has 2 aromatic rings. The number of anilines is 2. The van der Waals surface area contributed by atoms with Crippen LogP contribution >= 0.6 is 11.6 Å². The molecule has 0 fully saturated rings. The molecule has 3 heteroatoms. The molecule has 0 unspecified atom stereocenters. The monoisotopic (exact) mass is 219 g/mol. The van der Waals surface area contributed by atoms with Crippen LogP contribution in [0.2, 0.25) is 5.02 Å². The van der Waals surface area contributed by atoms with Crippen LogP contribution in [-0.2, 0) is 0 Å². The van der Waals surface area contributed by atoms with E-state index in [0.717, 1.165) is 11.4 Å². The minimum atomic E-state index is 0.250. The van der Waals surface area contributed by atoms with Gasteiger partial charge in [-0.05, 0) is 36.4 Å². The molecule has 0 radical (unpaired) electrons. The Kier molecular flexibility index (Phi) is 2.79. The summed E-state index contributed by atoms with van der Waals surface area (Å²) in [4.78, 5) is 0. The van der Waals surface area contributed by atoms with Gasteiger partial charge in [0.1, 0.15) is 5.75 Å². The molecule has 15 heavy (non-hydrogen) atoms. The Balaban J connectivity index is 2.22. The van der Waals surface area contributed by atoms with Crippen LogP contribution in [0.5, 0.6) is 5.75 Å². The van der Waals surface area contributed by atoms with E-state index in [0.29, 0.717) is 5.02 Å². The number of benzene rings is 2. The second-order valence-electron chi connectivity index (χ2n) is 3.15. The maximum Gasteiger partial charge on any atom is 0.115 e. The van der Waals surface area contributed by atoms with Gasteiger partial charge < -0.3 is 10.4 Å². The predicted molar refractivity (Wildman–Crippen MR) is 62.8 cm³/mol. The number of nitrogens with one attached hydrogen (secondary N) is 1. The molecule has 0 saturated heterocycles. The highest BCUT2D eigenvalue weighted by molar-refractivity contribution is 6.33. The van der Waals surface area contributed by atoms with Crippen molar-refractivity contribution < 1.29 is 5.11 Å². The predicted octanol–water partition coefficient (Wildman–Crippen LogP) is 3.79. The van der Waals surface area contributed by atoms with Crippen molar-refractivity contribution in [3.8, 4) is 5.75 Å². The lowest BCUT2D eigenvalue weighted by Crippen LogP contribution is -1.89. The van der Waals surface area contributed by atoms with Crippen LogP contribution in [0.15, 0.2) is 48.5 Å². The number of rotatable bonds is 2. The number of para-hydroxylation sites is 1. The van der Waals surface area contributed by atoms with E-state index in [4.69, 9.17) is 16.7 Å². The number of phenols is 1. The topological polar surface area (TPSA) is 32.3 Å². The van der Waals surface area contributed by atoms with Gasteiger partial charge in [-0.3, -0.25) is 0 Å². The number of aromatic hydroxyl groups is 1. The third-order valence-electron chi connectivity index (χ3n) is 2.02. The van der Waals surface area contributed by atoms with Gasteiger partial charge in [-0.1, -0.05) is 23.7 Å². The SMILES string of the molecule is Oc1ccc(Nc2ccccc2Cl)cc1. The third-order valence-corrected chi connectivity index (χ3v) is 2.35. The van der Waals surface area contributed by atoms with Crippen molar-refractivity contribution >= 4 is 23.0 Å². The normalized spacial score (nSPS) is 9.93. The van der Waals surface area contributed by atoms with E-state index in [2.05, 4.69) is 5.32 Å². The van der Waals surface area contributed by atoms with Gasteiger partial charge in [-0.2, -0.15) is 0 Å². The van der Waals surface area contributed by atoms with Crippen LogP contribution < -0.4 is 5.32 Å². The van der Waals surface area contributed by atoms with E-state index in [1.165, 1.54) is 0 Å². The Labute approximate surface area is 93.1 Å². The fourth-order valence-corrected chi connectivity index (χ4v) is 1.45. The first-order valence-electron chi connectivity index (χ1n) is 4.56. The fraction of sp³-hybridized carbons (Fsp3) is 0. The van der Waals surface area contributed by atoms with Gasteiger partial charge in [0, 0.05) is 5.69 Å². The fourth-order valence-electron chi connectivity index (χ4n) is 1.26. The van der Waals surface area contributed by atoms with E-state index in [-0.39, 0.29) is 5.75 Å². The Morgan fingerprint density at radius 3 is 2.27 bits per heavy atom. The van der Waals surface area contributed by atoms with E-state index >= 15 is 0 Å². The molecule has 0 aliphatic carbocycles. The van der Waals surface area contributed by atoms with Gasteiger partial charge in [0.2, 0.25) is 0 Å². The summed E-state index contributed by atoms with van der Waals surface area (Å²) in [6.07, 6.45) is 0. The molecular weight excluding hydrogens is 210 g/mol. The number of hydrogen-bond donors (Lipinski definition) is 2. The lowest BCUT2D eigenvalue weighted by atomic mass is 10.2. The second kappa shape index (κ2) is 4.24. The number of halogens is 1. The Morgan fingerprint density at radius 2 is 1.60 bits per heavy atom. The molecule has 0 aliphatic rings. The molecular formula is C12H10ClNO. The maximum atomic E-state index is 9.12. The van der Waals surface area contributed by atoms with E-state index < -0.39 is 0 Å².